The first-order chi connectivity index (χ1) is 8.72. The van der Waals surface area contributed by atoms with Crippen molar-refractivity contribution in [2.24, 2.45) is 0 Å². The summed E-state index contributed by atoms with van der Waals surface area (Å²) >= 11 is 5.74. The SMILES string of the molecule is O=C(O)c1[nH]cc(Cc2ccccc2)c1CCCl. The molecule has 94 valence electrons. The van der Waals surface area contributed by atoms with Crippen molar-refractivity contribution in [3.63, 3.8) is 0 Å². The molecule has 1 aromatic heterocycles. The molecule has 0 aliphatic heterocycles. The van der Waals surface area contributed by atoms with Gasteiger partial charge in [0.25, 0.3) is 0 Å². The third-order valence-corrected chi connectivity index (χ3v) is 3.06. The molecule has 2 N–H and O–H groups in total. The van der Waals surface area contributed by atoms with Gasteiger partial charge in [0.05, 0.1) is 0 Å². The number of aromatic amines is 1. The van der Waals surface area contributed by atoms with Gasteiger partial charge in [-0.3, -0.25) is 0 Å². The van der Waals surface area contributed by atoms with Gasteiger partial charge in [0.1, 0.15) is 5.69 Å². The Morgan fingerprint density at radius 2 is 2.00 bits per heavy atom. The zero-order chi connectivity index (χ0) is 13.0. The van der Waals surface area contributed by atoms with Crippen LogP contribution in [0.3, 0.4) is 0 Å². The van der Waals surface area contributed by atoms with Crippen molar-refractivity contribution >= 4 is 17.6 Å². The number of benzene rings is 1. The van der Waals surface area contributed by atoms with Crippen LogP contribution in [0.5, 0.6) is 0 Å². The molecule has 3 nitrogen and oxygen atoms in total. The van der Waals surface area contributed by atoms with Crippen LogP contribution in [-0.2, 0) is 12.8 Å². The number of aromatic carboxylic acids is 1. The van der Waals surface area contributed by atoms with Crippen LogP contribution in [0, 0.1) is 0 Å². The highest BCUT2D eigenvalue weighted by atomic mass is 35.5. The van der Waals surface area contributed by atoms with Crippen molar-refractivity contribution in [2.75, 3.05) is 5.88 Å². The monoisotopic (exact) mass is 263 g/mol. The van der Waals surface area contributed by atoms with Crippen molar-refractivity contribution in [1.82, 2.24) is 4.98 Å². The second kappa shape index (κ2) is 5.74. The third kappa shape index (κ3) is 2.74. The quantitative estimate of drug-likeness (QED) is 0.815. The van der Waals surface area contributed by atoms with Gasteiger partial charge in [0.2, 0.25) is 0 Å². The van der Waals surface area contributed by atoms with Gasteiger partial charge in [-0.15, -0.1) is 11.6 Å². The van der Waals surface area contributed by atoms with E-state index in [-0.39, 0.29) is 5.69 Å². The number of carboxylic acid groups (broad SMARTS) is 1. The molecule has 18 heavy (non-hydrogen) atoms. The molecule has 1 heterocycles. The van der Waals surface area contributed by atoms with Gasteiger partial charge in [0, 0.05) is 12.1 Å². The number of H-pyrrole nitrogens is 1. The first-order valence-electron chi connectivity index (χ1n) is 5.74. The lowest BCUT2D eigenvalue weighted by atomic mass is 10.0. The number of hydrogen-bond acceptors (Lipinski definition) is 1. The molecule has 0 atom stereocenters. The molecule has 0 bridgehead atoms. The minimum atomic E-state index is -0.936. The fraction of sp³-hybridized carbons (Fsp3) is 0.214. The van der Waals surface area contributed by atoms with Crippen LogP contribution in [0.15, 0.2) is 36.5 Å². The Morgan fingerprint density at radius 1 is 1.28 bits per heavy atom. The van der Waals surface area contributed by atoms with Crippen molar-refractivity contribution < 1.29 is 9.90 Å². The Labute approximate surface area is 110 Å². The van der Waals surface area contributed by atoms with E-state index in [1.54, 1.807) is 6.20 Å². The summed E-state index contributed by atoms with van der Waals surface area (Å²) < 4.78 is 0. The predicted molar refractivity (Wildman–Crippen MR) is 71.4 cm³/mol. The number of alkyl halides is 1. The molecule has 0 aliphatic rings. The van der Waals surface area contributed by atoms with Gasteiger partial charge >= 0.3 is 5.97 Å². The van der Waals surface area contributed by atoms with Gasteiger partial charge < -0.3 is 10.1 Å². The van der Waals surface area contributed by atoms with Crippen LogP contribution in [0.1, 0.15) is 27.2 Å². The molecule has 2 rings (SSSR count). The Bertz CT molecular complexity index is 534. The van der Waals surface area contributed by atoms with Gasteiger partial charge in [-0.25, -0.2) is 4.79 Å². The number of halogens is 1. The highest BCUT2D eigenvalue weighted by Crippen LogP contribution is 2.19. The Hall–Kier alpha value is -1.74. The molecular formula is C14H14ClNO2. The Morgan fingerprint density at radius 3 is 2.61 bits per heavy atom. The van der Waals surface area contributed by atoms with E-state index in [0.717, 1.165) is 23.1 Å². The van der Waals surface area contributed by atoms with E-state index in [4.69, 9.17) is 16.7 Å². The zero-order valence-electron chi connectivity index (χ0n) is 9.82. The largest absolute Gasteiger partial charge is 0.477 e. The molecule has 2 aromatic rings. The molecule has 0 saturated heterocycles. The summed E-state index contributed by atoms with van der Waals surface area (Å²) in [6.45, 7) is 0. The molecular weight excluding hydrogens is 250 g/mol. The number of rotatable bonds is 5. The first kappa shape index (κ1) is 12.7. The second-order valence-corrected chi connectivity index (χ2v) is 4.45. The third-order valence-electron chi connectivity index (χ3n) is 2.88. The summed E-state index contributed by atoms with van der Waals surface area (Å²) in [7, 11) is 0. The standard InChI is InChI=1S/C14H14ClNO2/c15-7-6-12-11(9-16-13(12)14(17)18)8-10-4-2-1-3-5-10/h1-5,9,16H,6-8H2,(H,17,18). The van der Waals surface area contributed by atoms with Crippen LogP contribution < -0.4 is 0 Å². The smallest absolute Gasteiger partial charge is 0.352 e. The van der Waals surface area contributed by atoms with Gasteiger partial charge in [0.15, 0.2) is 0 Å². The van der Waals surface area contributed by atoms with Crippen LogP contribution >= 0.6 is 11.6 Å². The van der Waals surface area contributed by atoms with E-state index in [0.29, 0.717) is 12.3 Å². The summed E-state index contributed by atoms with van der Waals surface area (Å²) in [5.74, 6) is -0.519. The van der Waals surface area contributed by atoms with Gasteiger partial charge in [-0.2, -0.15) is 0 Å². The molecule has 0 unspecified atom stereocenters. The summed E-state index contributed by atoms with van der Waals surface area (Å²) in [4.78, 5) is 13.9. The highest BCUT2D eigenvalue weighted by Gasteiger charge is 2.16. The summed E-state index contributed by atoms with van der Waals surface area (Å²) in [6, 6.07) is 9.96. The van der Waals surface area contributed by atoms with Crippen LogP contribution in [0.25, 0.3) is 0 Å². The maximum Gasteiger partial charge on any atom is 0.352 e. The molecule has 0 fully saturated rings. The number of nitrogens with one attached hydrogen (secondary N) is 1. The van der Waals surface area contributed by atoms with E-state index in [2.05, 4.69) is 4.98 Å². The lowest BCUT2D eigenvalue weighted by Gasteiger charge is -2.04. The minimum absolute atomic E-state index is 0.251. The number of carbonyl (C=O) groups is 1. The van der Waals surface area contributed by atoms with Crippen LogP contribution in [-0.4, -0.2) is 21.9 Å². The average molecular weight is 264 g/mol. The number of hydrogen-bond donors (Lipinski definition) is 2. The lowest BCUT2D eigenvalue weighted by Crippen LogP contribution is -2.03. The van der Waals surface area contributed by atoms with E-state index in [1.807, 2.05) is 30.3 Å². The Kier molecular flexibility index (Phi) is 4.05. The summed E-state index contributed by atoms with van der Waals surface area (Å²) in [6.07, 6.45) is 3.05. The summed E-state index contributed by atoms with van der Waals surface area (Å²) in [5.41, 5.74) is 3.21. The topological polar surface area (TPSA) is 53.1 Å². The average Bonchev–Trinajstić information content (AvgIpc) is 2.74. The molecule has 0 aliphatic carbocycles. The molecule has 0 amide bonds. The van der Waals surface area contributed by atoms with Crippen LogP contribution in [0.4, 0.5) is 0 Å². The lowest BCUT2D eigenvalue weighted by molar-refractivity contribution is 0.0690. The normalized spacial score (nSPS) is 10.5. The molecule has 0 radical (unpaired) electrons. The molecule has 0 spiro atoms. The second-order valence-electron chi connectivity index (χ2n) is 4.07. The zero-order valence-corrected chi connectivity index (χ0v) is 10.6. The molecule has 0 saturated carbocycles. The van der Waals surface area contributed by atoms with Crippen molar-refractivity contribution in [3.05, 3.63) is 58.9 Å². The molecule has 4 heteroatoms. The van der Waals surface area contributed by atoms with E-state index in [9.17, 15) is 4.79 Å². The maximum atomic E-state index is 11.1. The van der Waals surface area contributed by atoms with Crippen LogP contribution in [0.2, 0.25) is 0 Å². The fourth-order valence-corrected chi connectivity index (χ4v) is 2.23. The fourth-order valence-electron chi connectivity index (χ4n) is 2.04. The predicted octanol–water partition coefficient (Wildman–Crippen LogP) is 3.09. The minimum Gasteiger partial charge on any atom is -0.477 e. The van der Waals surface area contributed by atoms with Crippen molar-refractivity contribution in [2.45, 2.75) is 12.8 Å². The van der Waals surface area contributed by atoms with Crippen molar-refractivity contribution in [1.29, 1.82) is 0 Å². The van der Waals surface area contributed by atoms with Gasteiger partial charge in [-0.05, 0) is 29.5 Å². The van der Waals surface area contributed by atoms with E-state index >= 15 is 0 Å². The highest BCUT2D eigenvalue weighted by molar-refractivity contribution is 6.18. The molecule has 1 aromatic carbocycles. The first-order valence-corrected chi connectivity index (χ1v) is 6.28. The Balaban J connectivity index is 2.30. The summed E-state index contributed by atoms with van der Waals surface area (Å²) in [5, 5.41) is 9.10. The maximum absolute atomic E-state index is 11.1. The number of aromatic nitrogens is 1. The van der Waals surface area contributed by atoms with Crippen molar-refractivity contribution in [3.8, 4) is 0 Å². The van der Waals surface area contributed by atoms with E-state index < -0.39 is 5.97 Å². The number of carboxylic acids is 1. The van der Waals surface area contributed by atoms with Gasteiger partial charge in [-0.1, -0.05) is 30.3 Å². The van der Waals surface area contributed by atoms with E-state index in [1.165, 1.54) is 0 Å².